The van der Waals surface area contributed by atoms with Gasteiger partial charge in [-0.2, -0.15) is 5.10 Å². The molecule has 0 atom stereocenters. The van der Waals surface area contributed by atoms with Crippen molar-refractivity contribution in [3.63, 3.8) is 0 Å². The lowest BCUT2D eigenvalue weighted by atomic mass is 10.1. The van der Waals surface area contributed by atoms with Crippen molar-refractivity contribution in [2.24, 2.45) is 0 Å². The Hall–Kier alpha value is -2.63. The summed E-state index contributed by atoms with van der Waals surface area (Å²) < 4.78 is 0. The van der Waals surface area contributed by atoms with E-state index in [0.717, 1.165) is 0 Å². The normalized spacial score (nSPS) is 10.3. The van der Waals surface area contributed by atoms with Gasteiger partial charge < -0.3 is 10.4 Å². The maximum absolute atomic E-state index is 12.2. The van der Waals surface area contributed by atoms with Crippen LogP contribution in [0.5, 0.6) is 0 Å². The van der Waals surface area contributed by atoms with E-state index in [1.807, 2.05) is 0 Å². The van der Waals surface area contributed by atoms with Crippen molar-refractivity contribution in [1.29, 1.82) is 0 Å². The molecule has 0 bridgehead atoms. The van der Waals surface area contributed by atoms with Crippen molar-refractivity contribution in [3.8, 4) is 0 Å². The topological polar surface area (TPSA) is 95.1 Å². The number of carboxylic acid groups (broad SMARTS) is 1. The van der Waals surface area contributed by atoms with Crippen LogP contribution in [0.25, 0.3) is 0 Å². The van der Waals surface area contributed by atoms with Crippen LogP contribution in [0.2, 0.25) is 0 Å². The fourth-order valence-corrected chi connectivity index (χ4v) is 2.01. The van der Waals surface area contributed by atoms with Crippen LogP contribution in [0.15, 0.2) is 18.2 Å². The zero-order valence-electron chi connectivity index (χ0n) is 11.4. The van der Waals surface area contributed by atoms with Crippen LogP contribution in [0.3, 0.4) is 0 Å². The first kappa shape index (κ1) is 13.8. The molecule has 0 aliphatic rings. The third-order valence-electron chi connectivity index (χ3n) is 3.08. The van der Waals surface area contributed by atoms with E-state index in [9.17, 15) is 9.59 Å². The van der Waals surface area contributed by atoms with Gasteiger partial charge in [-0.05, 0) is 44.5 Å². The van der Waals surface area contributed by atoms with Crippen LogP contribution >= 0.6 is 0 Å². The van der Waals surface area contributed by atoms with Crippen LogP contribution < -0.4 is 5.32 Å². The van der Waals surface area contributed by atoms with E-state index < -0.39 is 5.97 Å². The van der Waals surface area contributed by atoms with E-state index in [0.29, 0.717) is 28.2 Å². The van der Waals surface area contributed by atoms with Gasteiger partial charge >= 0.3 is 5.97 Å². The number of H-pyrrole nitrogens is 1. The van der Waals surface area contributed by atoms with Gasteiger partial charge in [0.15, 0.2) is 0 Å². The van der Waals surface area contributed by atoms with Crippen LogP contribution in [0.4, 0.5) is 5.69 Å². The Bertz CT molecular complexity index is 669. The van der Waals surface area contributed by atoms with Crippen LogP contribution in [-0.4, -0.2) is 27.2 Å². The summed E-state index contributed by atoms with van der Waals surface area (Å²) in [6, 6.07) is 4.56. The molecule has 1 heterocycles. The Labute approximate surface area is 115 Å². The SMILES string of the molecule is Cc1cc(C(=O)O)ccc1NC(=O)c1c(C)n[nH]c1C. The molecule has 6 heteroatoms. The van der Waals surface area contributed by atoms with E-state index in [-0.39, 0.29) is 11.5 Å². The first-order valence-electron chi connectivity index (χ1n) is 6.07. The van der Waals surface area contributed by atoms with E-state index in [2.05, 4.69) is 15.5 Å². The summed E-state index contributed by atoms with van der Waals surface area (Å²) in [6.07, 6.45) is 0. The molecule has 0 saturated heterocycles. The molecule has 1 aromatic heterocycles. The predicted octanol–water partition coefficient (Wildman–Crippen LogP) is 2.29. The lowest BCUT2D eigenvalue weighted by molar-refractivity contribution is 0.0696. The fraction of sp³-hybridized carbons (Fsp3) is 0.214. The van der Waals surface area contributed by atoms with Crippen molar-refractivity contribution in [3.05, 3.63) is 46.3 Å². The Morgan fingerprint density at radius 1 is 1.25 bits per heavy atom. The second-order valence-corrected chi connectivity index (χ2v) is 4.60. The average molecular weight is 273 g/mol. The van der Waals surface area contributed by atoms with Crippen molar-refractivity contribution >= 4 is 17.6 Å². The van der Waals surface area contributed by atoms with Gasteiger partial charge in [0, 0.05) is 11.4 Å². The number of rotatable bonds is 3. The fourth-order valence-electron chi connectivity index (χ4n) is 2.01. The lowest BCUT2D eigenvalue weighted by Gasteiger charge is -2.09. The molecule has 2 aromatic rings. The van der Waals surface area contributed by atoms with Gasteiger partial charge in [-0.25, -0.2) is 4.79 Å². The number of aryl methyl sites for hydroxylation is 3. The number of anilines is 1. The second kappa shape index (κ2) is 5.16. The maximum Gasteiger partial charge on any atom is 0.335 e. The van der Waals surface area contributed by atoms with Gasteiger partial charge in [-0.1, -0.05) is 0 Å². The molecule has 1 amide bonds. The first-order chi connectivity index (χ1) is 9.40. The molecule has 6 nitrogen and oxygen atoms in total. The smallest absolute Gasteiger partial charge is 0.335 e. The summed E-state index contributed by atoms with van der Waals surface area (Å²) in [7, 11) is 0. The average Bonchev–Trinajstić information content (AvgIpc) is 2.71. The minimum atomic E-state index is -0.993. The van der Waals surface area contributed by atoms with Crippen molar-refractivity contribution < 1.29 is 14.7 Å². The van der Waals surface area contributed by atoms with Crippen LogP contribution in [-0.2, 0) is 0 Å². The Morgan fingerprint density at radius 2 is 1.95 bits per heavy atom. The molecule has 3 N–H and O–H groups in total. The van der Waals surface area contributed by atoms with Gasteiger partial charge in [0.2, 0.25) is 0 Å². The number of aromatic carboxylic acids is 1. The number of hydrogen-bond donors (Lipinski definition) is 3. The quantitative estimate of drug-likeness (QED) is 0.799. The van der Waals surface area contributed by atoms with Gasteiger partial charge in [0.25, 0.3) is 5.91 Å². The zero-order valence-corrected chi connectivity index (χ0v) is 11.4. The Balaban J connectivity index is 2.27. The number of nitrogens with zero attached hydrogens (tertiary/aromatic N) is 1. The molecule has 0 saturated carbocycles. The summed E-state index contributed by atoms with van der Waals surface area (Å²) in [5, 5.41) is 18.4. The highest BCUT2D eigenvalue weighted by Crippen LogP contribution is 2.19. The largest absolute Gasteiger partial charge is 0.478 e. The molecule has 0 radical (unpaired) electrons. The first-order valence-corrected chi connectivity index (χ1v) is 6.07. The van der Waals surface area contributed by atoms with E-state index in [1.54, 1.807) is 26.8 Å². The van der Waals surface area contributed by atoms with E-state index >= 15 is 0 Å². The Kier molecular flexibility index (Phi) is 3.56. The molecular formula is C14H15N3O3. The molecule has 1 aromatic carbocycles. The molecule has 20 heavy (non-hydrogen) atoms. The summed E-state index contributed by atoms with van der Waals surface area (Å²) in [5.74, 6) is -1.26. The van der Waals surface area contributed by atoms with Crippen LogP contribution in [0.1, 0.15) is 37.7 Å². The molecular weight excluding hydrogens is 258 g/mol. The molecule has 0 unspecified atom stereocenters. The highest BCUT2D eigenvalue weighted by molar-refractivity contribution is 6.06. The van der Waals surface area contributed by atoms with Crippen molar-refractivity contribution in [2.45, 2.75) is 20.8 Å². The van der Waals surface area contributed by atoms with Crippen molar-refractivity contribution in [2.75, 3.05) is 5.32 Å². The van der Waals surface area contributed by atoms with Gasteiger partial charge in [-0.3, -0.25) is 9.89 Å². The number of hydrogen-bond acceptors (Lipinski definition) is 3. The van der Waals surface area contributed by atoms with Crippen molar-refractivity contribution in [1.82, 2.24) is 10.2 Å². The Morgan fingerprint density at radius 3 is 2.45 bits per heavy atom. The maximum atomic E-state index is 12.2. The third kappa shape index (κ3) is 2.54. The number of carboxylic acids is 1. The summed E-state index contributed by atoms with van der Waals surface area (Å²) >= 11 is 0. The lowest BCUT2D eigenvalue weighted by Crippen LogP contribution is -2.14. The van der Waals surface area contributed by atoms with Crippen LogP contribution in [0, 0.1) is 20.8 Å². The monoisotopic (exact) mass is 273 g/mol. The second-order valence-electron chi connectivity index (χ2n) is 4.60. The van der Waals surface area contributed by atoms with Gasteiger partial charge in [-0.15, -0.1) is 0 Å². The minimum Gasteiger partial charge on any atom is -0.478 e. The number of carbonyl (C=O) groups excluding carboxylic acids is 1. The molecule has 0 aliphatic carbocycles. The molecule has 0 spiro atoms. The van der Waals surface area contributed by atoms with Gasteiger partial charge in [0.1, 0.15) is 0 Å². The highest BCUT2D eigenvalue weighted by Gasteiger charge is 2.16. The summed E-state index contributed by atoms with van der Waals surface area (Å²) in [6.45, 7) is 5.27. The third-order valence-corrected chi connectivity index (χ3v) is 3.08. The summed E-state index contributed by atoms with van der Waals surface area (Å²) in [5.41, 5.74) is 3.29. The number of aromatic amines is 1. The predicted molar refractivity (Wildman–Crippen MR) is 74.2 cm³/mol. The summed E-state index contributed by atoms with van der Waals surface area (Å²) in [4.78, 5) is 23.1. The number of carbonyl (C=O) groups is 2. The number of nitrogens with one attached hydrogen (secondary N) is 2. The minimum absolute atomic E-state index is 0.191. The molecule has 2 rings (SSSR count). The zero-order chi connectivity index (χ0) is 14.9. The van der Waals surface area contributed by atoms with E-state index in [1.165, 1.54) is 12.1 Å². The van der Waals surface area contributed by atoms with Gasteiger partial charge in [0.05, 0.1) is 16.8 Å². The van der Waals surface area contributed by atoms with E-state index in [4.69, 9.17) is 5.11 Å². The molecule has 0 aliphatic heterocycles. The number of amides is 1. The molecule has 0 fully saturated rings. The molecule has 104 valence electrons. The highest BCUT2D eigenvalue weighted by atomic mass is 16.4. The number of benzene rings is 1. The number of aromatic nitrogens is 2. The standard InChI is InChI=1S/C14H15N3O3/c1-7-6-10(14(19)20)4-5-11(7)15-13(18)12-8(2)16-17-9(12)3/h4-6H,1-3H3,(H,15,18)(H,16,17)(H,19,20).